The molecule has 74 valence electrons. The van der Waals surface area contributed by atoms with Gasteiger partial charge in [0.15, 0.2) is 0 Å². The van der Waals surface area contributed by atoms with Crippen LogP contribution < -0.4 is 0 Å². The van der Waals surface area contributed by atoms with Crippen LogP contribution in [-0.2, 0) is 14.3 Å². The Kier molecular flexibility index (Phi) is 4.80. The van der Waals surface area contributed by atoms with E-state index in [-0.39, 0.29) is 17.9 Å². The molecule has 0 aliphatic rings. The molecule has 0 spiro atoms. The topological polar surface area (TPSA) is 63.6 Å². The van der Waals surface area contributed by atoms with Crippen LogP contribution in [0.25, 0.3) is 0 Å². The van der Waals surface area contributed by atoms with Crippen LogP contribution in [0, 0.1) is 5.92 Å². The third-order valence-electron chi connectivity index (χ3n) is 1.37. The second-order valence-corrected chi connectivity index (χ2v) is 2.99. The van der Waals surface area contributed by atoms with E-state index in [2.05, 4.69) is 4.74 Å². The van der Waals surface area contributed by atoms with Crippen molar-refractivity contribution in [2.75, 3.05) is 7.11 Å². The van der Waals surface area contributed by atoms with E-state index in [1.54, 1.807) is 6.08 Å². The van der Waals surface area contributed by atoms with Gasteiger partial charge in [-0.25, -0.2) is 4.79 Å². The van der Waals surface area contributed by atoms with Gasteiger partial charge in [-0.1, -0.05) is 19.9 Å². The molecule has 0 radical (unpaired) electrons. The van der Waals surface area contributed by atoms with E-state index in [9.17, 15) is 9.59 Å². The zero-order chi connectivity index (χ0) is 10.4. The van der Waals surface area contributed by atoms with Gasteiger partial charge in [0.1, 0.15) is 0 Å². The van der Waals surface area contributed by atoms with Crippen LogP contribution in [0.5, 0.6) is 0 Å². The Balaban J connectivity index is 4.45. The molecule has 13 heavy (non-hydrogen) atoms. The highest BCUT2D eigenvalue weighted by Crippen LogP contribution is 2.07. The minimum Gasteiger partial charge on any atom is -0.478 e. The van der Waals surface area contributed by atoms with Crippen molar-refractivity contribution in [3.63, 3.8) is 0 Å². The first-order valence-corrected chi connectivity index (χ1v) is 3.98. The lowest BCUT2D eigenvalue weighted by Gasteiger charge is -2.02. The lowest BCUT2D eigenvalue weighted by atomic mass is 10.1. The number of carbonyl (C=O) groups is 2. The van der Waals surface area contributed by atoms with Crippen molar-refractivity contribution in [1.29, 1.82) is 0 Å². The molecule has 0 amide bonds. The highest BCUT2D eigenvalue weighted by molar-refractivity contribution is 5.92. The van der Waals surface area contributed by atoms with E-state index in [0.29, 0.717) is 0 Å². The van der Waals surface area contributed by atoms with Crippen LogP contribution in [0.4, 0.5) is 0 Å². The lowest BCUT2D eigenvalue weighted by molar-refractivity contribution is -0.142. The number of hydrogen-bond donors (Lipinski definition) is 1. The van der Waals surface area contributed by atoms with Crippen LogP contribution >= 0.6 is 0 Å². The van der Waals surface area contributed by atoms with E-state index >= 15 is 0 Å². The zero-order valence-electron chi connectivity index (χ0n) is 8.03. The van der Waals surface area contributed by atoms with Crippen LogP contribution in [0.15, 0.2) is 11.6 Å². The summed E-state index contributed by atoms with van der Waals surface area (Å²) in [5.41, 5.74) is 0.0850. The SMILES string of the molecule is COC(=O)C/C(=C\C(C)C)C(=O)O. The van der Waals surface area contributed by atoms with Gasteiger partial charge in [-0.3, -0.25) is 4.79 Å². The van der Waals surface area contributed by atoms with Crippen molar-refractivity contribution in [1.82, 2.24) is 0 Å². The van der Waals surface area contributed by atoms with E-state index in [1.165, 1.54) is 7.11 Å². The van der Waals surface area contributed by atoms with E-state index in [1.807, 2.05) is 13.8 Å². The van der Waals surface area contributed by atoms with Crippen LogP contribution in [0.1, 0.15) is 20.3 Å². The summed E-state index contributed by atoms with van der Waals surface area (Å²) in [7, 11) is 1.23. The average Bonchev–Trinajstić information content (AvgIpc) is 2.02. The molecule has 0 bridgehead atoms. The van der Waals surface area contributed by atoms with E-state index in [4.69, 9.17) is 5.11 Å². The molecule has 1 N–H and O–H groups in total. The van der Waals surface area contributed by atoms with Crippen molar-refractivity contribution in [3.8, 4) is 0 Å². The summed E-state index contributed by atoms with van der Waals surface area (Å²) in [6, 6.07) is 0. The van der Waals surface area contributed by atoms with Gasteiger partial charge in [0.05, 0.1) is 13.5 Å². The number of methoxy groups -OCH3 is 1. The molecule has 0 unspecified atom stereocenters. The summed E-state index contributed by atoms with van der Waals surface area (Å²) in [5, 5.41) is 8.69. The maximum absolute atomic E-state index is 10.8. The number of esters is 1. The summed E-state index contributed by atoms with van der Waals surface area (Å²) in [6.07, 6.45) is 1.36. The molecular weight excluding hydrogens is 172 g/mol. The van der Waals surface area contributed by atoms with Gasteiger partial charge in [0.25, 0.3) is 0 Å². The Morgan fingerprint density at radius 3 is 2.31 bits per heavy atom. The van der Waals surface area contributed by atoms with Crippen LogP contribution in [0.3, 0.4) is 0 Å². The number of allylic oxidation sites excluding steroid dienone is 1. The Morgan fingerprint density at radius 2 is 2.00 bits per heavy atom. The Bertz CT molecular complexity index is 228. The van der Waals surface area contributed by atoms with Crippen molar-refractivity contribution < 1.29 is 19.4 Å². The average molecular weight is 186 g/mol. The third-order valence-corrected chi connectivity index (χ3v) is 1.37. The number of carbonyl (C=O) groups excluding carboxylic acids is 1. The first-order chi connectivity index (χ1) is 5.97. The second-order valence-electron chi connectivity index (χ2n) is 2.99. The van der Waals surface area contributed by atoms with E-state index < -0.39 is 11.9 Å². The summed E-state index contributed by atoms with van der Waals surface area (Å²) in [5.74, 6) is -1.50. The van der Waals surface area contributed by atoms with Gasteiger partial charge in [-0.05, 0) is 5.92 Å². The lowest BCUT2D eigenvalue weighted by Crippen LogP contribution is -2.09. The van der Waals surface area contributed by atoms with E-state index in [0.717, 1.165) is 0 Å². The first-order valence-electron chi connectivity index (χ1n) is 3.98. The number of aliphatic carboxylic acids is 1. The number of hydrogen-bond acceptors (Lipinski definition) is 3. The quantitative estimate of drug-likeness (QED) is 0.529. The van der Waals surface area contributed by atoms with Gasteiger partial charge in [-0.15, -0.1) is 0 Å². The summed E-state index contributed by atoms with van der Waals surface area (Å²) in [6.45, 7) is 3.69. The monoisotopic (exact) mass is 186 g/mol. The molecule has 0 aliphatic carbocycles. The number of carboxylic acid groups (broad SMARTS) is 1. The van der Waals surface area contributed by atoms with Gasteiger partial charge < -0.3 is 9.84 Å². The Morgan fingerprint density at radius 1 is 1.46 bits per heavy atom. The largest absolute Gasteiger partial charge is 0.478 e. The smallest absolute Gasteiger partial charge is 0.331 e. The van der Waals surface area contributed by atoms with Crippen LogP contribution in [-0.4, -0.2) is 24.2 Å². The molecule has 0 rings (SSSR count). The van der Waals surface area contributed by atoms with Crippen molar-refractivity contribution >= 4 is 11.9 Å². The summed E-state index contributed by atoms with van der Waals surface area (Å²) < 4.78 is 4.37. The minimum absolute atomic E-state index is 0.0850. The molecule has 0 aromatic rings. The third kappa shape index (κ3) is 5.00. The fraction of sp³-hybridized carbons (Fsp3) is 0.556. The predicted octanol–water partition coefficient (Wildman–Crippen LogP) is 1.22. The predicted molar refractivity (Wildman–Crippen MR) is 47.2 cm³/mol. The fourth-order valence-corrected chi connectivity index (χ4v) is 0.836. The maximum Gasteiger partial charge on any atom is 0.331 e. The molecule has 0 atom stereocenters. The number of ether oxygens (including phenoxy) is 1. The summed E-state index contributed by atoms with van der Waals surface area (Å²) in [4.78, 5) is 21.4. The maximum atomic E-state index is 10.8. The molecule has 0 saturated heterocycles. The highest BCUT2D eigenvalue weighted by Gasteiger charge is 2.12. The number of carboxylic acids is 1. The Labute approximate surface area is 77.2 Å². The highest BCUT2D eigenvalue weighted by atomic mass is 16.5. The molecule has 0 aromatic heterocycles. The second kappa shape index (κ2) is 5.35. The molecule has 0 fully saturated rings. The zero-order valence-corrected chi connectivity index (χ0v) is 8.03. The number of rotatable bonds is 4. The summed E-state index contributed by atoms with van der Waals surface area (Å²) >= 11 is 0. The molecule has 4 heteroatoms. The first kappa shape index (κ1) is 11.7. The van der Waals surface area contributed by atoms with Crippen molar-refractivity contribution in [2.24, 2.45) is 5.92 Å². The molecule has 0 aromatic carbocycles. The van der Waals surface area contributed by atoms with Gasteiger partial charge in [0, 0.05) is 5.57 Å². The molecule has 0 saturated carbocycles. The van der Waals surface area contributed by atoms with Crippen molar-refractivity contribution in [3.05, 3.63) is 11.6 Å². The van der Waals surface area contributed by atoms with Gasteiger partial charge >= 0.3 is 11.9 Å². The Hall–Kier alpha value is -1.32. The minimum atomic E-state index is -1.07. The normalized spacial score (nSPS) is 11.5. The molecule has 4 nitrogen and oxygen atoms in total. The standard InChI is InChI=1S/C9H14O4/c1-6(2)4-7(9(11)12)5-8(10)13-3/h4,6H,5H2,1-3H3,(H,11,12)/b7-4+. The fourth-order valence-electron chi connectivity index (χ4n) is 0.836. The van der Waals surface area contributed by atoms with Crippen molar-refractivity contribution in [2.45, 2.75) is 20.3 Å². The molecule has 0 aliphatic heterocycles. The molecule has 0 heterocycles. The molecular formula is C9H14O4. The van der Waals surface area contributed by atoms with Gasteiger partial charge in [-0.2, -0.15) is 0 Å². The van der Waals surface area contributed by atoms with Crippen LogP contribution in [0.2, 0.25) is 0 Å². The van der Waals surface area contributed by atoms with Gasteiger partial charge in [0.2, 0.25) is 0 Å².